The number of aliphatic imine (C=N–C) groups is 1. The number of aryl methyl sites for hydroxylation is 1. The summed E-state index contributed by atoms with van der Waals surface area (Å²) in [5.74, 6) is 1.21. The van der Waals surface area contributed by atoms with E-state index in [1.54, 1.807) is 36.7 Å². The molecule has 0 aromatic carbocycles. The molecule has 0 aliphatic rings. The van der Waals surface area contributed by atoms with Crippen molar-refractivity contribution in [3.8, 4) is 0 Å². The Morgan fingerprint density at radius 1 is 1.33 bits per heavy atom. The van der Waals surface area contributed by atoms with Gasteiger partial charge in [-0.15, -0.1) is 0 Å². The number of hydrogen-bond donors (Lipinski definition) is 2. The van der Waals surface area contributed by atoms with Gasteiger partial charge in [0.1, 0.15) is 5.71 Å². The fraction of sp³-hybridized carbons (Fsp3) is 0.105. The van der Waals surface area contributed by atoms with Gasteiger partial charge in [0.15, 0.2) is 11.6 Å². The molecule has 5 nitrogen and oxygen atoms in total. The van der Waals surface area contributed by atoms with Crippen LogP contribution in [0.1, 0.15) is 18.3 Å². The van der Waals surface area contributed by atoms with Gasteiger partial charge in [0.2, 0.25) is 0 Å². The Kier molecular flexibility index (Phi) is 6.02. The van der Waals surface area contributed by atoms with Crippen molar-refractivity contribution in [2.75, 3.05) is 0 Å². The fourth-order valence-electron chi connectivity index (χ4n) is 2.01. The molecule has 0 unspecified atom stereocenters. The lowest BCUT2D eigenvalue weighted by atomic mass is 10.1. The zero-order chi connectivity index (χ0) is 17.4. The second-order valence-electron chi connectivity index (χ2n) is 4.97. The summed E-state index contributed by atoms with van der Waals surface area (Å²) in [6.45, 7) is 9.52. The van der Waals surface area contributed by atoms with Crippen LogP contribution < -0.4 is 5.73 Å². The van der Waals surface area contributed by atoms with E-state index in [2.05, 4.69) is 40.0 Å². The van der Waals surface area contributed by atoms with Crippen LogP contribution in [0.2, 0.25) is 0 Å². The molecule has 0 aliphatic carbocycles. The Morgan fingerprint density at radius 3 is 2.71 bits per heavy atom. The number of aromatic amines is 1. The number of rotatable bonds is 7. The third-order valence-electron chi connectivity index (χ3n) is 3.34. The van der Waals surface area contributed by atoms with Gasteiger partial charge < -0.3 is 10.7 Å². The Hall–Kier alpha value is -3.21. The molecule has 0 atom stereocenters. The van der Waals surface area contributed by atoms with Crippen molar-refractivity contribution >= 4 is 11.5 Å². The molecule has 2 rings (SSSR count). The maximum Gasteiger partial charge on any atom is 0.156 e. The number of pyridine rings is 1. The maximum atomic E-state index is 6.15. The van der Waals surface area contributed by atoms with Crippen LogP contribution in [0.25, 0.3) is 0 Å². The Balaban J connectivity index is 2.45. The largest absolute Gasteiger partial charge is 0.398 e. The van der Waals surface area contributed by atoms with Crippen molar-refractivity contribution in [1.82, 2.24) is 15.0 Å². The molecule has 2 aromatic heterocycles. The Morgan fingerprint density at radius 2 is 2.17 bits per heavy atom. The predicted molar refractivity (Wildman–Crippen MR) is 99.1 cm³/mol. The van der Waals surface area contributed by atoms with Gasteiger partial charge in [0.05, 0.1) is 0 Å². The third-order valence-corrected chi connectivity index (χ3v) is 3.34. The first-order valence-electron chi connectivity index (χ1n) is 7.64. The SMILES string of the molecule is C=C/C=C(C=C)/C(N)=C/C(=Nc1ccc(CC)cn1)c1ncc[nH]1. The van der Waals surface area contributed by atoms with E-state index in [1.165, 1.54) is 0 Å². The van der Waals surface area contributed by atoms with Crippen molar-refractivity contribution in [3.05, 3.63) is 90.8 Å². The number of nitrogens with zero attached hydrogens (tertiary/aromatic N) is 3. The van der Waals surface area contributed by atoms with E-state index in [4.69, 9.17) is 5.73 Å². The maximum absolute atomic E-state index is 6.15. The van der Waals surface area contributed by atoms with Crippen LogP contribution in [0.5, 0.6) is 0 Å². The van der Waals surface area contributed by atoms with Crippen LogP contribution in [0, 0.1) is 0 Å². The van der Waals surface area contributed by atoms with E-state index in [1.807, 2.05) is 18.3 Å². The van der Waals surface area contributed by atoms with Crippen LogP contribution in [-0.2, 0) is 6.42 Å². The molecule has 5 heteroatoms. The van der Waals surface area contributed by atoms with E-state index in [0.717, 1.165) is 17.6 Å². The summed E-state index contributed by atoms with van der Waals surface area (Å²) in [5.41, 5.74) is 9.18. The monoisotopic (exact) mass is 319 g/mol. The number of nitrogens with two attached hydrogens (primary N) is 1. The average Bonchev–Trinajstić information content (AvgIpc) is 3.14. The van der Waals surface area contributed by atoms with E-state index in [0.29, 0.717) is 23.1 Å². The molecular formula is C19H21N5. The number of nitrogens with one attached hydrogen (secondary N) is 1. The summed E-state index contributed by atoms with van der Waals surface area (Å²) in [4.78, 5) is 16.2. The molecule has 0 radical (unpaired) electrons. The number of allylic oxidation sites excluding steroid dienone is 4. The highest BCUT2D eigenvalue weighted by Crippen LogP contribution is 2.13. The van der Waals surface area contributed by atoms with E-state index in [9.17, 15) is 0 Å². The fourth-order valence-corrected chi connectivity index (χ4v) is 2.01. The van der Waals surface area contributed by atoms with Crippen molar-refractivity contribution in [2.45, 2.75) is 13.3 Å². The highest BCUT2D eigenvalue weighted by Gasteiger charge is 2.07. The van der Waals surface area contributed by atoms with Gasteiger partial charge in [0, 0.05) is 24.3 Å². The lowest BCUT2D eigenvalue weighted by Crippen LogP contribution is -2.07. The summed E-state index contributed by atoms with van der Waals surface area (Å²) < 4.78 is 0. The van der Waals surface area contributed by atoms with Crippen LogP contribution in [0.4, 0.5) is 5.82 Å². The van der Waals surface area contributed by atoms with Crippen LogP contribution in [0.3, 0.4) is 0 Å². The summed E-state index contributed by atoms with van der Waals surface area (Å²) in [6.07, 6.45) is 13.0. The molecule has 0 saturated carbocycles. The van der Waals surface area contributed by atoms with E-state index in [-0.39, 0.29) is 0 Å². The van der Waals surface area contributed by atoms with Crippen LogP contribution >= 0.6 is 0 Å². The molecule has 3 N–H and O–H groups in total. The van der Waals surface area contributed by atoms with Crippen molar-refractivity contribution in [3.63, 3.8) is 0 Å². The van der Waals surface area contributed by atoms with E-state index >= 15 is 0 Å². The predicted octanol–water partition coefficient (Wildman–Crippen LogP) is 3.63. The Labute approximate surface area is 142 Å². The first-order chi connectivity index (χ1) is 11.7. The minimum atomic E-state index is 0.519. The van der Waals surface area contributed by atoms with Crippen molar-refractivity contribution < 1.29 is 0 Å². The molecule has 0 saturated heterocycles. The molecule has 0 bridgehead atoms. The van der Waals surface area contributed by atoms with Gasteiger partial charge in [0.25, 0.3) is 0 Å². The van der Waals surface area contributed by atoms with Crippen molar-refractivity contribution in [1.29, 1.82) is 0 Å². The summed E-state index contributed by atoms with van der Waals surface area (Å²) in [6, 6.07) is 3.88. The first kappa shape index (κ1) is 17.1. The molecule has 0 fully saturated rings. The van der Waals surface area contributed by atoms with Gasteiger partial charge in [-0.05, 0) is 29.7 Å². The van der Waals surface area contributed by atoms with Gasteiger partial charge in [-0.3, -0.25) is 0 Å². The van der Waals surface area contributed by atoms with Crippen LogP contribution in [-0.4, -0.2) is 20.7 Å². The smallest absolute Gasteiger partial charge is 0.156 e. The second-order valence-corrected chi connectivity index (χ2v) is 4.97. The van der Waals surface area contributed by atoms with Gasteiger partial charge >= 0.3 is 0 Å². The van der Waals surface area contributed by atoms with Crippen LogP contribution in [0.15, 0.2) is 84.4 Å². The number of aromatic nitrogens is 3. The molecule has 2 aromatic rings. The van der Waals surface area contributed by atoms with E-state index < -0.39 is 0 Å². The highest BCUT2D eigenvalue weighted by molar-refractivity contribution is 6.07. The lowest BCUT2D eigenvalue weighted by molar-refractivity contribution is 1.10. The molecule has 2 heterocycles. The second kappa shape index (κ2) is 8.43. The van der Waals surface area contributed by atoms with Gasteiger partial charge in [-0.25, -0.2) is 15.0 Å². The summed E-state index contributed by atoms with van der Waals surface area (Å²) in [5, 5.41) is 0. The minimum absolute atomic E-state index is 0.519. The standard InChI is InChI=1S/C19H21N5/c1-4-7-15(6-3)16(20)12-17(19-21-10-11-22-19)24-18-9-8-14(5-2)13-23-18/h4,6-13H,1,3,5,20H2,2H3,(H,21,22)/b15-7+,16-12-,24-17?. The van der Waals surface area contributed by atoms with Gasteiger partial charge in [-0.2, -0.15) is 0 Å². The first-order valence-corrected chi connectivity index (χ1v) is 7.64. The van der Waals surface area contributed by atoms with Gasteiger partial charge in [-0.1, -0.05) is 44.4 Å². The topological polar surface area (TPSA) is 79.9 Å². The minimum Gasteiger partial charge on any atom is -0.398 e. The highest BCUT2D eigenvalue weighted by atomic mass is 15.0. The quantitative estimate of drug-likeness (QED) is 0.604. The molecule has 0 aliphatic heterocycles. The number of hydrogen-bond acceptors (Lipinski definition) is 4. The zero-order valence-electron chi connectivity index (χ0n) is 13.7. The summed E-state index contributed by atoms with van der Waals surface area (Å²) >= 11 is 0. The molecular weight excluding hydrogens is 298 g/mol. The molecule has 0 amide bonds. The zero-order valence-corrected chi connectivity index (χ0v) is 13.7. The average molecular weight is 319 g/mol. The molecule has 24 heavy (non-hydrogen) atoms. The number of imidazole rings is 1. The third kappa shape index (κ3) is 4.39. The number of H-pyrrole nitrogens is 1. The molecule has 0 spiro atoms. The lowest BCUT2D eigenvalue weighted by Gasteiger charge is -2.04. The summed E-state index contributed by atoms with van der Waals surface area (Å²) in [7, 11) is 0. The molecule has 122 valence electrons. The Bertz CT molecular complexity index is 778. The normalized spacial score (nSPS) is 13.0. The van der Waals surface area contributed by atoms with Crippen molar-refractivity contribution in [2.24, 2.45) is 10.7 Å².